The number of ether oxygens (including phenoxy) is 2. The van der Waals surface area contributed by atoms with E-state index in [4.69, 9.17) is 9.47 Å². The molecule has 178 valence electrons. The Morgan fingerprint density at radius 1 is 1.09 bits per heavy atom. The molecule has 0 saturated carbocycles. The van der Waals surface area contributed by atoms with Crippen LogP contribution in [0.5, 0.6) is 11.5 Å². The molecule has 2 aromatic rings. The summed E-state index contributed by atoms with van der Waals surface area (Å²) in [6.07, 6.45) is 0.673. The van der Waals surface area contributed by atoms with Gasteiger partial charge in [-0.05, 0) is 62.2 Å². The van der Waals surface area contributed by atoms with Crippen LogP contribution < -0.4 is 15.4 Å². The molecule has 0 aromatic heterocycles. The first-order valence-corrected chi connectivity index (χ1v) is 10.6. The molecule has 9 nitrogen and oxygen atoms in total. The fourth-order valence-corrected chi connectivity index (χ4v) is 3.36. The van der Waals surface area contributed by atoms with Crippen molar-refractivity contribution in [1.29, 1.82) is 0 Å². The Bertz CT molecular complexity index is 977. The fourth-order valence-electron chi connectivity index (χ4n) is 3.36. The standard InChI is InChI=1S/C24H30N2O7/c1-15(24(31)33-3)26-19-9-5-4-8-18(19)23(30)20(14-22(28)29)25-12-6-7-16-13-17(32-2)10-11-21(16)27/h4-5,8-11,13,15,20,25-27H,6-7,12,14H2,1-3H3,(H,28,29)/t15?,20-/m0/s1. The molecule has 2 aromatic carbocycles. The average Bonchev–Trinajstić information content (AvgIpc) is 2.81. The van der Waals surface area contributed by atoms with E-state index in [9.17, 15) is 24.6 Å². The molecular formula is C24H30N2O7. The number of benzene rings is 2. The van der Waals surface area contributed by atoms with E-state index in [2.05, 4.69) is 10.6 Å². The first kappa shape index (κ1) is 25.7. The summed E-state index contributed by atoms with van der Waals surface area (Å²) >= 11 is 0. The predicted molar refractivity (Wildman–Crippen MR) is 123 cm³/mol. The Kier molecular flexibility index (Phi) is 9.68. The van der Waals surface area contributed by atoms with Crippen molar-refractivity contribution >= 4 is 23.4 Å². The number of aryl methyl sites for hydroxylation is 1. The van der Waals surface area contributed by atoms with Gasteiger partial charge in [0.1, 0.15) is 17.5 Å². The molecule has 1 unspecified atom stereocenters. The number of aliphatic carboxylic acids is 1. The van der Waals surface area contributed by atoms with Crippen LogP contribution in [0.25, 0.3) is 0 Å². The second-order valence-electron chi connectivity index (χ2n) is 7.50. The lowest BCUT2D eigenvalue weighted by molar-refractivity contribution is -0.141. The van der Waals surface area contributed by atoms with E-state index in [1.807, 2.05) is 0 Å². The molecule has 0 saturated heterocycles. The van der Waals surface area contributed by atoms with Gasteiger partial charge in [0.25, 0.3) is 0 Å². The van der Waals surface area contributed by atoms with Gasteiger partial charge < -0.3 is 30.3 Å². The van der Waals surface area contributed by atoms with Crippen molar-refractivity contribution in [3.63, 3.8) is 0 Å². The Balaban J connectivity index is 2.08. The van der Waals surface area contributed by atoms with Crippen LogP contribution in [0.2, 0.25) is 0 Å². The summed E-state index contributed by atoms with van der Waals surface area (Å²) < 4.78 is 9.87. The van der Waals surface area contributed by atoms with Gasteiger partial charge in [-0.1, -0.05) is 12.1 Å². The van der Waals surface area contributed by atoms with Crippen LogP contribution in [0.15, 0.2) is 42.5 Å². The zero-order valence-electron chi connectivity index (χ0n) is 19.0. The smallest absolute Gasteiger partial charge is 0.327 e. The summed E-state index contributed by atoms with van der Waals surface area (Å²) in [6, 6.07) is 9.91. The number of hydrogen-bond donors (Lipinski definition) is 4. The van der Waals surface area contributed by atoms with E-state index in [1.54, 1.807) is 56.5 Å². The maximum atomic E-state index is 13.2. The van der Waals surface area contributed by atoms with E-state index in [0.717, 1.165) is 0 Å². The second-order valence-corrected chi connectivity index (χ2v) is 7.50. The third-order valence-corrected chi connectivity index (χ3v) is 5.11. The lowest BCUT2D eigenvalue weighted by Gasteiger charge is -2.20. The number of anilines is 1. The summed E-state index contributed by atoms with van der Waals surface area (Å²) in [4.78, 5) is 36.3. The molecule has 0 aliphatic heterocycles. The van der Waals surface area contributed by atoms with Crippen molar-refractivity contribution in [2.45, 2.75) is 38.3 Å². The number of nitrogens with one attached hydrogen (secondary N) is 2. The number of ketones is 1. The molecule has 0 aliphatic rings. The summed E-state index contributed by atoms with van der Waals surface area (Å²) in [5.74, 6) is -1.23. The highest BCUT2D eigenvalue weighted by Gasteiger charge is 2.25. The highest BCUT2D eigenvalue weighted by Crippen LogP contribution is 2.24. The zero-order chi connectivity index (χ0) is 24.4. The molecule has 9 heteroatoms. The lowest BCUT2D eigenvalue weighted by Crippen LogP contribution is -2.40. The SMILES string of the molecule is COC(=O)C(C)Nc1ccccc1C(=O)[C@H](CC(=O)O)NCCCc1cc(OC)ccc1O. The normalized spacial score (nSPS) is 12.5. The van der Waals surface area contributed by atoms with Gasteiger partial charge >= 0.3 is 11.9 Å². The Labute approximate surface area is 192 Å². The third kappa shape index (κ3) is 7.50. The molecule has 4 N–H and O–H groups in total. The van der Waals surface area contributed by atoms with Gasteiger partial charge in [-0.15, -0.1) is 0 Å². The van der Waals surface area contributed by atoms with Gasteiger partial charge in [0.15, 0.2) is 5.78 Å². The van der Waals surface area contributed by atoms with Gasteiger partial charge in [0, 0.05) is 11.3 Å². The lowest BCUT2D eigenvalue weighted by atomic mass is 9.99. The van der Waals surface area contributed by atoms with Crippen LogP contribution >= 0.6 is 0 Å². The molecule has 33 heavy (non-hydrogen) atoms. The van der Waals surface area contributed by atoms with Crippen LogP contribution in [0.4, 0.5) is 5.69 Å². The summed E-state index contributed by atoms with van der Waals surface area (Å²) in [7, 11) is 2.81. The van der Waals surface area contributed by atoms with Crippen molar-refractivity contribution in [1.82, 2.24) is 5.32 Å². The third-order valence-electron chi connectivity index (χ3n) is 5.11. The summed E-state index contributed by atoms with van der Waals surface area (Å²) in [5, 5.41) is 25.3. The molecule has 0 spiro atoms. The summed E-state index contributed by atoms with van der Waals surface area (Å²) in [5.41, 5.74) is 1.39. The number of rotatable bonds is 13. The number of methoxy groups -OCH3 is 2. The van der Waals surface area contributed by atoms with E-state index in [-0.39, 0.29) is 11.3 Å². The molecule has 0 radical (unpaired) electrons. The number of esters is 1. The number of Topliss-reactive ketones (excluding diaryl/α,β-unsaturated/α-hetero) is 1. The van der Waals surface area contributed by atoms with Gasteiger partial charge in [-0.3, -0.25) is 9.59 Å². The van der Waals surface area contributed by atoms with Crippen molar-refractivity contribution in [2.75, 3.05) is 26.1 Å². The number of hydrogen-bond acceptors (Lipinski definition) is 8. The van der Waals surface area contributed by atoms with E-state index in [0.29, 0.717) is 36.4 Å². The van der Waals surface area contributed by atoms with Gasteiger partial charge in [0.2, 0.25) is 0 Å². The highest BCUT2D eigenvalue weighted by molar-refractivity contribution is 6.06. The minimum absolute atomic E-state index is 0.147. The average molecular weight is 459 g/mol. The van der Waals surface area contributed by atoms with Crippen molar-refractivity contribution in [3.8, 4) is 11.5 Å². The van der Waals surface area contributed by atoms with Crippen LogP contribution in [0, 0.1) is 0 Å². The van der Waals surface area contributed by atoms with Gasteiger partial charge in [-0.25, -0.2) is 4.79 Å². The number of phenolic OH excluding ortho intramolecular Hbond substituents is 1. The predicted octanol–water partition coefficient (Wildman–Crippen LogP) is 2.62. The van der Waals surface area contributed by atoms with Gasteiger partial charge in [0.05, 0.1) is 26.7 Å². The number of carbonyl (C=O) groups is 3. The molecule has 2 atom stereocenters. The fraction of sp³-hybridized carbons (Fsp3) is 0.375. The highest BCUT2D eigenvalue weighted by atomic mass is 16.5. The van der Waals surface area contributed by atoms with E-state index >= 15 is 0 Å². The molecule has 0 heterocycles. The minimum Gasteiger partial charge on any atom is -0.508 e. The second kappa shape index (κ2) is 12.4. The number of aromatic hydroxyl groups is 1. The number of carbonyl (C=O) groups excluding carboxylic acids is 2. The Morgan fingerprint density at radius 3 is 2.48 bits per heavy atom. The van der Waals surface area contributed by atoms with Crippen LogP contribution in [-0.2, 0) is 20.7 Å². The topological polar surface area (TPSA) is 134 Å². The van der Waals surface area contributed by atoms with Crippen LogP contribution in [0.3, 0.4) is 0 Å². The number of carboxylic acids is 1. The van der Waals surface area contributed by atoms with Crippen molar-refractivity contribution < 1.29 is 34.1 Å². The molecule has 0 fully saturated rings. The van der Waals surface area contributed by atoms with Gasteiger partial charge in [-0.2, -0.15) is 0 Å². The van der Waals surface area contributed by atoms with E-state index < -0.39 is 36.2 Å². The quantitative estimate of drug-likeness (QED) is 0.203. The van der Waals surface area contributed by atoms with Crippen LogP contribution in [0.1, 0.15) is 35.7 Å². The number of para-hydroxylation sites is 1. The molecular weight excluding hydrogens is 428 g/mol. The Hall–Kier alpha value is -3.59. The molecule has 0 aliphatic carbocycles. The number of phenols is 1. The first-order chi connectivity index (χ1) is 15.8. The summed E-state index contributed by atoms with van der Waals surface area (Å²) in [6.45, 7) is 1.96. The molecule has 0 amide bonds. The first-order valence-electron chi connectivity index (χ1n) is 10.6. The minimum atomic E-state index is -1.11. The molecule has 2 rings (SSSR count). The maximum Gasteiger partial charge on any atom is 0.327 e. The maximum absolute atomic E-state index is 13.2. The molecule has 0 bridgehead atoms. The van der Waals surface area contributed by atoms with Crippen molar-refractivity contribution in [3.05, 3.63) is 53.6 Å². The number of carboxylic acid groups (broad SMARTS) is 1. The van der Waals surface area contributed by atoms with Crippen molar-refractivity contribution in [2.24, 2.45) is 0 Å². The Morgan fingerprint density at radius 2 is 1.82 bits per heavy atom. The monoisotopic (exact) mass is 458 g/mol. The zero-order valence-corrected chi connectivity index (χ0v) is 19.0. The van der Waals surface area contributed by atoms with Crippen LogP contribution in [-0.4, -0.2) is 60.8 Å². The van der Waals surface area contributed by atoms with E-state index in [1.165, 1.54) is 7.11 Å². The largest absolute Gasteiger partial charge is 0.508 e.